The molecule has 0 amide bonds. The van der Waals surface area contributed by atoms with Gasteiger partial charge in [-0.1, -0.05) is 174 Å². The highest BCUT2D eigenvalue weighted by molar-refractivity contribution is 7.47. The van der Waals surface area contributed by atoms with E-state index in [0.29, 0.717) is 23.9 Å². The van der Waals surface area contributed by atoms with Gasteiger partial charge in [-0.3, -0.25) is 18.6 Å². The number of carbonyl (C=O) groups is 2. The lowest BCUT2D eigenvalue weighted by Crippen LogP contribution is -2.37. The highest BCUT2D eigenvalue weighted by Crippen LogP contribution is 2.43. The number of carbonyl (C=O) groups excluding carboxylic acids is 2. The number of phosphoric acid groups is 1. The molecule has 55 heavy (non-hydrogen) atoms. The molecule has 0 aliphatic heterocycles. The number of esters is 2. The second-order valence-corrected chi connectivity index (χ2v) is 18.2. The fourth-order valence-electron chi connectivity index (χ4n) is 6.42. The maximum Gasteiger partial charge on any atom is 0.472 e. The maximum absolute atomic E-state index is 12.7. The van der Waals surface area contributed by atoms with Crippen molar-refractivity contribution in [1.29, 1.82) is 0 Å². The third kappa shape index (κ3) is 42.2. The number of unbranched alkanes of at least 4 members (excludes halogenated alkanes) is 26. The first-order valence-corrected chi connectivity index (χ1v) is 24.4. The lowest BCUT2D eigenvalue weighted by Gasteiger charge is -2.24. The molecule has 0 saturated heterocycles. The standard InChI is InChI=1S/C45H88NO8P/c1-6-8-10-12-14-16-18-20-21-22-23-24-25-26-28-29-31-33-35-37-44(47)51-41-43(42-53-55(49,50)52-40-39-46(3,4)5)54-45(48)38-36-34-32-30-27-19-17-15-13-11-9-7-2/h20-21,43H,6-19,22-42H2,1-5H3/p+1/b21-20-/t43-/m1/s1. The summed E-state index contributed by atoms with van der Waals surface area (Å²) < 4.78 is 34.3. The summed E-state index contributed by atoms with van der Waals surface area (Å²) in [6, 6.07) is 0. The van der Waals surface area contributed by atoms with Crippen LogP contribution >= 0.6 is 7.82 Å². The number of allylic oxidation sites excluding steroid dienone is 2. The smallest absolute Gasteiger partial charge is 0.462 e. The minimum atomic E-state index is -4.37. The van der Waals surface area contributed by atoms with Crippen LogP contribution < -0.4 is 0 Å². The first-order valence-electron chi connectivity index (χ1n) is 22.9. The van der Waals surface area contributed by atoms with Crippen molar-refractivity contribution in [2.75, 3.05) is 47.5 Å². The monoisotopic (exact) mass is 803 g/mol. The van der Waals surface area contributed by atoms with E-state index >= 15 is 0 Å². The van der Waals surface area contributed by atoms with Gasteiger partial charge in [0.25, 0.3) is 0 Å². The first kappa shape index (κ1) is 53.8. The molecule has 1 N–H and O–H groups in total. The van der Waals surface area contributed by atoms with Crippen LogP contribution in [0.5, 0.6) is 0 Å². The lowest BCUT2D eigenvalue weighted by atomic mass is 10.0. The van der Waals surface area contributed by atoms with Crippen LogP contribution in [-0.4, -0.2) is 74.9 Å². The van der Waals surface area contributed by atoms with E-state index < -0.39 is 26.5 Å². The topological polar surface area (TPSA) is 108 Å². The lowest BCUT2D eigenvalue weighted by molar-refractivity contribution is -0.870. The average molecular weight is 803 g/mol. The molecule has 0 saturated carbocycles. The summed E-state index contributed by atoms with van der Waals surface area (Å²) in [4.78, 5) is 35.4. The van der Waals surface area contributed by atoms with Crippen molar-refractivity contribution in [3.63, 3.8) is 0 Å². The summed E-state index contributed by atoms with van der Waals surface area (Å²) in [6.45, 7) is 4.44. The molecule has 0 radical (unpaired) electrons. The molecule has 0 fully saturated rings. The second-order valence-electron chi connectivity index (χ2n) is 16.8. The van der Waals surface area contributed by atoms with Crippen LogP contribution in [0.25, 0.3) is 0 Å². The van der Waals surface area contributed by atoms with Gasteiger partial charge in [0.15, 0.2) is 6.10 Å². The Kier molecular flexibility index (Phi) is 37.4. The van der Waals surface area contributed by atoms with Gasteiger partial charge in [0.05, 0.1) is 27.7 Å². The number of rotatable bonds is 42. The fourth-order valence-corrected chi connectivity index (χ4v) is 7.16. The predicted molar refractivity (Wildman–Crippen MR) is 229 cm³/mol. The van der Waals surface area contributed by atoms with Gasteiger partial charge in [0.2, 0.25) is 0 Å². The van der Waals surface area contributed by atoms with Crippen molar-refractivity contribution in [1.82, 2.24) is 0 Å². The zero-order chi connectivity index (χ0) is 40.7. The minimum Gasteiger partial charge on any atom is -0.462 e. The molecular formula is C45H89NO8P+. The summed E-state index contributed by atoms with van der Waals surface area (Å²) in [5.41, 5.74) is 0. The third-order valence-electron chi connectivity index (χ3n) is 10.0. The zero-order valence-corrected chi connectivity index (χ0v) is 37.6. The van der Waals surface area contributed by atoms with Crippen LogP contribution in [0.3, 0.4) is 0 Å². The summed E-state index contributed by atoms with van der Waals surface area (Å²) >= 11 is 0. The van der Waals surface area contributed by atoms with Crippen LogP contribution in [-0.2, 0) is 32.7 Å². The Bertz CT molecular complexity index is 954. The van der Waals surface area contributed by atoms with Gasteiger partial charge in [0.1, 0.15) is 19.8 Å². The Morgan fingerprint density at radius 3 is 1.35 bits per heavy atom. The Hall–Kier alpha value is -1.25. The van der Waals surface area contributed by atoms with Gasteiger partial charge < -0.3 is 18.9 Å². The molecule has 0 aromatic carbocycles. The summed E-state index contributed by atoms with van der Waals surface area (Å²) in [7, 11) is 1.49. The molecule has 326 valence electrons. The molecule has 2 atom stereocenters. The van der Waals surface area contributed by atoms with Gasteiger partial charge in [-0.2, -0.15) is 0 Å². The number of ether oxygens (including phenoxy) is 2. The van der Waals surface area contributed by atoms with Crippen LogP contribution in [0, 0.1) is 0 Å². The SMILES string of the molecule is CCCCCCCC/C=C\CCCCCCCCCCCC(=O)OC[C@H](COP(=O)(O)OCC[N+](C)(C)C)OC(=O)CCCCCCCCCCCCCC. The van der Waals surface area contributed by atoms with E-state index in [-0.39, 0.29) is 25.6 Å². The Morgan fingerprint density at radius 1 is 0.545 bits per heavy atom. The van der Waals surface area contributed by atoms with E-state index in [0.717, 1.165) is 32.1 Å². The van der Waals surface area contributed by atoms with Crippen molar-refractivity contribution in [3.8, 4) is 0 Å². The van der Waals surface area contributed by atoms with E-state index in [2.05, 4.69) is 26.0 Å². The Balaban J connectivity index is 4.26. The highest BCUT2D eigenvalue weighted by Gasteiger charge is 2.27. The van der Waals surface area contributed by atoms with E-state index in [1.165, 1.54) is 148 Å². The molecule has 0 aromatic rings. The Morgan fingerprint density at radius 2 is 0.927 bits per heavy atom. The zero-order valence-electron chi connectivity index (χ0n) is 36.7. The highest BCUT2D eigenvalue weighted by atomic mass is 31.2. The molecule has 0 spiro atoms. The second kappa shape index (κ2) is 38.3. The van der Waals surface area contributed by atoms with Crippen molar-refractivity contribution < 1.29 is 42.1 Å². The van der Waals surface area contributed by atoms with Gasteiger partial charge in [-0.15, -0.1) is 0 Å². The predicted octanol–water partition coefficient (Wildman–Crippen LogP) is 13.0. The first-order chi connectivity index (χ1) is 26.5. The minimum absolute atomic E-state index is 0.0347. The third-order valence-corrected chi connectivity index (χ3v) is 11.0. The van der Waals surface area contributed by atoms with Crippen LogP contribution in [0.2, 0.25) is 0 Å². The molecule has 0 bridgehead atoms. The number of nitrogens with zero attached hydrogens (tertiary/aromatic N) is 1. The van der Waals surface area contributed by atoms with Crippen LogP contribution in [0.4, 0.5) is 0 Å². The number of phosphoric ester groups is 1. The van der Waals surface area contributed by atoms with E-state index in [1.54, 1.807) is 0 Å². The van der Waals surface area contributed by atoms with Crippen molar-refractivity contribution >= 4 is 19.8 Å². The van der Waals surface area contributed by atoms with Crippen LogP contribution in [0.15, 0.2) is 12.2 Å². The molecule has 0 aliphatic carbocycles. The number of hydrogen-bond donors (Lipinski definition) is 1. The number of hydrogen-bond acceptors (Lipinski definition) is 7. The summed E-state index contributed by atoms with van der Waals surface area (Å²) in [5, 5.41) is 0. The summed E-state index contributed by atoms with van der Waals surface area (Å²) in [6.07, 6.45) is 39.7. The van der Waals surface area contributed by atoms with Crippen molar-refractivity contribution in [3.05, 3.63) is 12.2 Å². The van der Waals surface area contributed by atoms with E-state index in [1.807, 2.05) is 21.1 Å². The molecule has 0 aliphatic rings. The molecule has 1 unspecified atom stereocenters. The maximum atomic E-state index is 12.7. The van der Waals surface area contributed by atoms with Crippen molar-refractivity contribution in [2.24, 2.45) is 0 Å². The van der Waals surface area contributed by atoms with E-state index in [4.69, 9.17) is 18.5 Å². The largest absolute Gasteiger partial charge is 0.472 e. The molecule has 0 heterocycles. The van der Waals surface area contributed by atoms with Crippen LogP contribution in [0.1, 0.15) is 213 Å². The summed E-state index contributed by atoms with van der Waals surface area (Å²) in [5.74, 6) is -0.791. The number of quaternary nitrogens is 1. The van der Waals surface area contributed by atoms with Gasteiger partial charge in [-0.05, 0) is 38.5 Å². The molecule has 10 heteroatoms. The quantitative estimate of drug-likeness (QED) is 0.0214. The number of likely N-dealkylation sites (N-methyl/N-ethyl adjacent to an activating group) is 1. The van der Waals surface area contributed by atoms with E-state index in [9.17, 15) is 19.0 Å². The Labute approximate surface area is 339 Å². The van der Waals surface area contributed by atoms with Gasteiger partial charge >= 0.3 is 19.8 Å². The van der Waals surface area contributed by atoms with Gasteiger partial charge in [0, 0.05) is 12.8 Å². The van der Waals surface area contributed by atoms with Crippen molar-refractivity contribution in [2.45, 2.75) is 219 Å². The molecular weight excluding hydrogens is 713 g/mol. The molecule has 9 nitrogen and oxygen atoms in total. The fraction of sp³-hybridized carbons (Fsp3) is 0.911. The molecule has 0 rings (SSSR count). The normalized spacial score (nSPS) is 13.6. The molecule has 0 aromatic heterocycles. The van der Waals surface area contributed by atoms with Gasteiger partial charge in [-0.25, -0.2) is 4.57 Å². The average Bonchev–Trinajstić information content (AvgIpc) is 3.13.